The van der Waals surface area contributed by atoms with E-state index in [1.54, 1.807) is 0 Å². The Hall–Kier alpha value is -1.08. The molecule has 1 unspecified atom stereocenters. The van der Waals surface area contributed by atoms with Crippen molar-refractivity contribution in [3.63, 3.8) is 0 Å². The summed E-state index contributed by atoms with van der Waals surface area (Å²) in [5.74, 6) is 1.40. The van der Waals surface area contributed by atoms with Gasteiger partial charge in [-0.05, 0) is 5.92 Å². The molecule has 0 aliphatic heterocycles. The second-order valence-corrected chi connectivity index (χ2v) is 5.24. The molecule has 17 heavy (non-hydrogen) atoms. The summed E-state index contributed by atoms with van der Waals surface area (Å²) in [6, 6.07) is -0.818. The van der Waals surface area contributed by atoms with Gasteiger partial charge in [0, 0.05) is 12.3 Å². The SMILES string of the molecule is CC(C)Cn1ncnc1CSCC(N)C(=O)O. The lowest BCUT2D eigenvalue weighted by molar-refractivity contribution is -0.137. The van der Waals surface area contributed by atoms with Gasteiger partial charge < -0.3 is 10.8 Å². The van der Waals surface area contributed by atoms with E-state index in [0.29, 0.717) is 17.4 Å². The van der Waals surface area contributed by atoms with Crippen molar-refractivity contribution in [3.8, 4) is 0 Å². The van der Waals surface area contributed by atoms with Crippen LogP contribution in [0.5, 0.6) is 0 Å². The lowest BCUT2D eigenvalue weighted by Gasteiger charge is -2.09. The fourth-order valence-electron chi connectivity index (χ4n) is 1.25. The average Bonchev–Trinajstić information content (AvgIpc) is 2.64. The molecule has 1 heterocycles. The Morgan fingerprint density at radius 1 is 1.65 bits per heavy atom. The minimum Gasteiger partial charge on any atom is -0.480 e. The zero-order chi connectivity index (χ0) is 12.8. The summed E-state index contributed by atoms with van der Waals surface area (Å²) in [5, 5.41) is 12.8. The maximum atomic E-state index is 10.5. The molecule has 7 heteroatoms. The molecule has 1 aromatic rings. The smallest absolute Gasteiger partial charge is 0.321 e. The van der Waals surface area contributed by atoms with E-state index in [9.17, 15) is 4.79 Å². The molecule has 0 bridgehead atoms. The number of carboxylic acids is 1. The maximum absolute atomic E-state index is 10.5. The Kier molecular flexibility index (Phi) is 5.43. The Morgan fingerprint density at radius 2 is 2.35 bits per heavy atom. The monoisotopic (exact) mass is 258 g/mol. The molecule has 0 aliphatic carbocycles. The Bertz CT molecular complexity index is 367. The van der Waals surface area contributed by atoms with Gasteiger partial charge in [-0.1, -0.05) is 13.8 Å². The summed E-state index contributed by atoms with van der Waals surface area (Å²) in [6.45, 7) is 5.04. The zero-order valence-corrected chi connectivity index (χ0v) is 10.9. The van der Waals surface area contributed by atoms with E-state index in [0.717, 1.165) is 12.4 Å². The van der Waals surface area contributed by atoms with Gasteiger partial charge in [-0.2, -0.15) is 16.9 Å². The van der Waals surface area contributed by atoms with Gasteiger partial charge in [0.2, 0.25) is 0 Å². The largest absolute Gasteiger partial charge is 0.480 e. The van der Waals surface area contributed by atoms with Crippen molar-refractivity contribution >= 4 is 17.7 Å². The third-order valence-corrected chi connectivity index (χ3v) is 3.14. The van der Waals surface area contributed by atoms with Crippen LogP contribution in [0, 0.1) is 5.92 Å². The van der Waals surface area contributed by atoms with Crippen LogP contribution in [0.15, 0.2) is 6.33 Å². The number of aromatic nitrogens is 3. The van der Waals surface area contributed by atoms with Crippen LogP contribution in [0.4, 0.5) is 0 Å². The van der Waals surface area contributed by atoms with Crippen LogP contribution in [0.1, 0.15) is 19.7 Å². The standard InChI is InChI=1S/C10H18N4O2S/c1-7(2)3-14-9(12-6-13-14)5-17-4-8(11)10(15)16/h6-8H,3-5,11H2,1-2H3,(H,15,16). The van der Waals surface area contributed by atoms with Gasteiger partial charge in [-0.25, -0.2) is 9.67 Å². The topological polar surface area (TPSA) is 94.0 Å². The molecule has 0 radical (unpaired) electrons. The number of hydrogen-bond acceptors (Lipinski definition) is 5. The summed E-state index contributed by atoms with van der Waals surface area (Å²) in [4.78, 5) is 14.7. The van der Waals surface area contributed by atoms with E-state index >= 15 is 0 Å². The van der Waals surface area contributed by atoms with Crippen LogP contribution in [-0.2, 0) is 17.1 Å². The lowest BCUT2D eigenvalue weighted by atomic mass is 10.2. The second kappa shape index (κ2) is 6.61. The molecule has 3 N–H and O–H groups in total. The number of hydrogen-bond donors (Lipinski definition) is 2. The Balaban J connectivity index is 2.41. The quantitative estimate of drug-likeness (QED) is 0.743. The highest BCUT2D eigenvalue weighted by Gasteiger charge is 2.12. The summed E-state index contributed by atoms with van der Waals surface area (Å²) in [7, 11) is 0. The minimum atomic E-state index is -0.971. The van der Waals surface area contributed by atoms with Crippen LogP contribution >= 0.6 is 11.8 Å². The Labute approximate surface area is 105 Å². The third-order valence-electron chi connectivity index (χ3n) is 2.08. The van der Waals surface area contributed by atoms with Gasteiger partial charge in [0.1, 0.15) is 18.2 Å². The first kappa shape index (κ1) is 14.0. The molecule has 0 saturated carbocycles. The first-order valence-electron chi connectivity index (χ1n) is 5.43. The van der Waals surface area contributed by atoms with Crippen LogP contribution in [0.3, 0.4) is 0 Å². The predicted octanol–water partition coefficient (Wildman–Crippen LogP) is 0.579. The molecule has 6 nitrogen and oxygen atoms in total. The fraction of sp³-hybridized carbons (Fsp3) is 0.700. The maximum Gasteiger partial charge on any atom is 0.321 e. The normalized spacial score (nSPS) is 12.9. The molecule has 0 fully saturated rings. The zero-order valence-electron chi connectivity index (χ0n) is 10.0. The predicted molar refractivity (Wildman–Crippen MR) is 66.6 cm³/mol. The third kappa shape index (κ3) is 4.74. The lowest BCUT2D eigenvalue weighted by Crippen LogP contribution is -2.32. The van der Waals surface area contributed by atoms with Crippen molar-refractivity contribution in [1.29, 1.82) is 0 Å². The van der Waals surface area contributed by atoms with Crippen molar-refractivity contribution in [1.82, 2.24) is 14.8 Å². The summed E-state index contributed by atoms with van der Waals surface area (Å²) in [5.41, 5.74) is 5.41. The highest BCUT2D eigenvalue weighted by atomic mass is 32.2. The van der Waals surface area contributed by atoms with Gasteiger partial charge in [0.25, 0.3) is 0 Å². The van der Waals surface area contributed by atoms with E-state index in [1.807, 2.05) is 4.68 Å². The van der Waals surface area contributed by atoms with Gasteiger partial charge in [0.15, 0.2) is 0 Å². The number of nitrogens with zero attached hydrogens (tertiary/aromatic N) is 3. The first-order valence-corrected chi connectivity index (χ1v) is 6.59. The van der Waals surface area contributed by atoms with E-state index < -0.39 is 12.0 Å². The van der Waals surface area contributed by atoms with E-state index in [1.165, 1.54) is 18.1 Å². The minimum absolute atomic E-state index is 0.379. The molecule has 0 amide bonds. The van der Waals surface area contributed by atoms with Crippen LogP contribution in [0.25, 0.3) is 0 Å². The second-order valence-electron chi connectivity index (χ2n) is 4.21. The molecular formula is C10H18N4O2S. The van der Waals surface area contributed by atoms with E-state index in [2.05, 4.69) is 23.9 Å². The van der Waals surface area contributed by atoms with Crippen LogP contribution < -0.4 is 5.73 Å². The van der Waals surface area contributed by atoms with Gasteiger partial charge >= 0.3 is 5.97 Å². The Morgan fingerprint density at radius 3 is 2.94 bits per heavy atom. The number of nitrogens with two attached hydrogens (primary N) is 1. The number of aliphatic carboxylic acids is 1. The van der Waals surface area contributed by atoms with Crippen molar-refractivity contribution in [2.24, 2.45) is 11.7 Å². The van der Waals surface area contributed by atoms with Gasteiger partial charge in [-0.15, -0.1) is 0 Å². The number of thioether (sulfide) groups is 1. The molecule has 1 rings (SSSR count). The van der Waals surface area contributed by atoms with Crippen molar-refractivity contribution in [3.05, 3.63) is 12.2 Å². The molecular weight excluding hydrogens is 240 g/mol. The highest BCUT2D eigenvalue weighted by Crippen LogP contribution is 2.11. The molecule has 0 aliphatic rings. The summed E-state index contributed by atoms with van der Waals surface area (Å²) < 4.78 is 1.85. The van der Waals surface area contributed by atoms with Gasteiger partial charge in [-0.3, -0.25) is 4.79 Å². The number of carbonyl (C=O) groups is 1. The van der Waals surface area contributed by atoms with Gasteiger partial charge in [0.05, 0.1) is 5.75 Å². The van der Waals surface area contributed by atoms with E-state index in [4.69, 9.17) is 10.8 Å². The first-order chi connectivity index (χ1) is 8.00. The number of rotatable bonds is 7. The van der Waals surface area contributed by atoms with Crippen molar-refractivity contribution < 1.29 is 9.90 Å². The highest BCUT2D eigenvalue weighted by molar-refractivity contribution is 7.98. The van der Waals surface area contributed by atoms with Crippen LogP contribution in [-0.4, -0.2) is 37.6 Å². The molecule has 0 spiro atoms. The molecule has 0 saturated heterocycles. The fourth-order valence-corrected chi connectivity index (χ4v) is 2.17. The molecule has 1 aromatic heterocycles. The summed E-state index contributed by atoms with van der Waals surface area (Å²) in [6.07, 6.45) is 1.52. The summed E-state index contributed by atoms with van der Waals surface area (Å²) >= 11 is 1.46. The number of carboxylic acid groups (broad SMARTS) is 1. The molecule has 0 aromatic carbocycles. The van der Waals surface area contributed by atoms with E-state index in [-0.39, 0.29) is 0 Å². The molecule has 1 atom stereocenters. The average molecular weight is 258 g/mol. The van der Waals surface area contributed by atoms with Crippen LogP contribution in [0.2, 0.25) is 0 Å². The van der Waals surface area contributed by atoms with Crippen molar-refractivity contribution in [2.45, 2.75) is 32.2 Å². The van der Waals surface area contributed by atoms with Crippen molar-refractivity contribution in [2.75, 3.05) is 5.75 Å². The molecule has 96 valence electrons.